The summed E-state index contributed by atoms with van der Waals surface area (Å²) in [5.41, 5.74) is 3.47. The second-order valence-electron chi connectivity index (χ2n) is 5.56. The lowest BCUT2D eigenvalue weighted by Crippen LogP contribution is -2.44. The Labute approximate surface area is 124 Å². The fraction of sp³-hybridized carbons (Fsp3) is 0.375. The predicted octanol–water partition coefficient (Wildman–Crippen LogP) is 1.86. The number of hydrogen-bond acceptors (Lipinski definition) is 2. The molecule has 21 heavy (non-hydrogen) atoms. The average molecular weight is 285 g/mol. The first-order valence-corrected chi connectivity index (χ1v) is 7.26. The number of aryl methyl sites for hydroxylation is 1. The molecule has 110 valence electrons. The van der Waals surface area contributed by atoms with Crippen molar-refractivity contribution in [1.29, 1.82) is 0 Å². The highest BCUT2D eigenvalue weighted by Gasteiger charge is 2.39. The molecule has 1 atom stereocenters. The van der Waals surface area contributed by atoms with Crippen LogP contribution in [0.15, 0.2) is 35.5 Å². The molecule has 5 heteroatoms. The molecule has 1 unspecified atom stereocenters. The minimum atomic E-state index is -0.358. The molecule has 2 aliphatic rings. The molecule has 3 rings (SSSR count). The quantitative estimate of drug-likeness (QED) is 0.890. The first kappa shape index (κ1) is 13.7. The molecular weight excluding hydrogens is 266 g/mol. The van der Waals surface area contributed by atoms with E-state index >= 15 is 0 Å². The Balaban J connectivity index is 1.99. The summed E-state index contributed by atoms with van der Waals surface area (Å²) in [6.45, 7) is 5.25. The molecule has 2 heterocycles. The van der Waals surface area contributed by atoms with E-state index in [1.54, 1.807) is 4.90 Å². The minimum absolute atomic E-state index is 0.0193. The second kappa shape index (κ2) is 5.24. The van der Waals surface area contributed by atoms with E-state index in [0.29, 0.717) is 18.7 Å². The lowest BCUT2D eigenvalue weighted by molar-refractivity contribution is -0.125. The molecule has 0 bridgehead atoms. The predicted molar refractivity (Wildman–Crippen MR) is 79.5 cm³/mol. The van der Waals surface area contributed by atoms with Crippen LogP contribution in [0.3, 0.4) is 0 Å². The first-order chi connectivity index (χ1) is 10.1. The zero-order chi connectivity index (χ0) is 15.0. The van der Waals surface area contributed by atoms with Gasteiger partial charge in [-0.25, -0.2) is 4.79 Å². The molecule has 0 aromatic heterocycles. The van der Waals surface area contributed by atoms with E-state index in [9.17, 15) is 9.59 Å². The molecule has 5 nitrogen and oxygen atoms in total. The highest BCUT2D eigenvalue weighted by molar-refractivity contribution is 6.01. The number of amides is 3. The van der Waals surface area contributed by atoms with Crippen molar-refractivity contribution in [2.45, 2.75) is 26.3 Å². The standard InChI is InChI=1S/C16H19N3O2/c1-3-7-19-9-12-13(15(19)20)14(18-16(21)17-12)11-6-4-5-10(2)8-11/h4-6,8,14H,3,7,9H2,1-2H3,(H2,17,18,21). The summed E-state index contributed by atoms with van der Waals surface area (Å²) in [7, 11) is 0. The molecule has 1 aromatic rings. The summed E-state index contributed by atoms with van der Waals surface area (Å²) in [5, 5.41) is 5.65. The van der Waals surface area contributed by atoms with Crippen LogP contribution >= 0.6 is 0 Å². The summed E-state index contributed by atoms with van der Waals surface area (Å²) in [6.07, 6.45) is 0.906. The van der Waals surface area contributed by atoms with E-state index in [1.807, 2.05) is 38.1 Å². The van der Waals surface area contributed by atoms with Crippen LogP contribution in [0.4, 0.5) is 4.79 Å². The van der Waals surface area contributed by atoms with Crippen LogP contribution < -0.4 is 10.6 Å². The van der Waals surface area contributed by atoms with Crippen molar-refractivity contribution in [3.63, 3.8) is 0 Å². The summed E-state index contributed by atoms with van der Waals surface area (Å²) in [6, 6.07) is 7.30. The lowest BCUT2D eigenvalue weighted by Gasteiger charge is -2.25. The second-order valence-corrected chi connectivity index (χ2v) is 5.56. The van der Waals surface area contributed by atoms with Crippen LogP contribution in [-0.2, 0) is 4.79 Å². The SMILES string of the molecule is CCCN1CC2=C(C1=O)C(c1cccc(C)c1)NC(=O)N2. The van der Waals surface area contributed by atoms with Gasteiger partial charge in [-0.05, 0) is 18.9 Å². The van der Waals surface area contributed by atoms with Gasteiger partial charge in [-0.15, -0.1) is 0 Å². The normalized spacial score (nSPS) is 21.2. The number of rotatable bonds is 3. The molecule has 0 saturated carbocycles. The van der Waals surface area contributed by atoms with Gasteiger partial charge in [0, 0.05) is 6.54 Å². The summed E-state index contributed by atoms with van der Waals surface area (Å²) >= 11 is 0. The minimum Gasteiger partial charge on any atom is -0.333 e. The van der Waals surface area contributed by atoms with Gasteiger partial charge < -0.3 is 15.5 Å². The fourth-order valence-corrected chi connectivity index (χ4v) is 2.98. The van der Waals surface area contributed by atoms with Crippen LogP contribution in [0.1, 0.15) is 30.5 Å². The largest absolute Gasteiger partial charge is 0.333 e. The smallest absolute Gasteiger partial charge is 0.319 e. The third kappa shape index (κ3) is 2.39. The molecule has 0 aliphatic carbocycles. The van der Waals surface area contributed by atoms with Gasteiger partial charge in [0.2, 0.25) is 0 Å². The third-order valence-corrected chi connectivity index (χ3v) is 3.89. The Hall–Kier alpha value is -2.30. The summed E-state index contributed by atoms with van der Waals surface area (Å²) in [4.78, 5) is 26.2. The summed E-state index contributed by atoms with van der Waals surface area (Å²) < 4.78 is 0. The molecule has 1 aromatic carbocycles. The summed E-state index contributed by atoms with van der Waals surface area (Å²) in [5.74, 6) is 0.0193. The van der Waals surface area contributed by atoms with Crippen LogP contribution in [0.5, 0.6) is 0 Å². The number of benzene rings is 1. The fourth-order valence-electron chi connectivity index (χ4n) is 2.98. The average Bonchev–Trinajstić information content (AvgIpc) is 2.75. The highest BCUT2D eigenvalue weighted by atomic mass is 16.2. The van der Waals surface area contributed by atoms with Gasteiger partial charge in [-0.1, -0.05) is 36.8 Å². The molecule has 0 saturated heterocycles. The number of nitrogens with one attached hydrogen (secondary N) is 2. The van der Waals surface area contributed by atoms with Crippen molar-refractivity contribution in [3.05, 3.63) is 46.7 Å². The Kier molecular flexibility index (Phi) is 3.41. The van der Waals surface area contributed by atoms with Crippen molar-refractivity contribution >= 4 is 11.9 Å². The van der Waals surface area contributed by atoms with Crippen molar-refractivity contribution in [1.82, 2.24) is 15.5 Å². The Morgan fingerprint density at radius 2 is 2.14 bits per heavy atom. The molecule has 2 N–H and O–H groups in total. The zero-order valence-corrected chi connectivity index (χ0v) is 12.3. The van der Waals surface area contributed by atoms with Crippen molar-refractivity contribution < 1.29 is 9.59 Å². The van der Waals surface area contributed by atoms with Gasteiger partial charge in [0.25, 0.3) is 5.91 Å². The van der Waals surface area contributed by atoms with Crippen molar-refractivity contribution in [3.8, 4) is 0 Å². The number of urea groups is 1. The number of carbonyl (C=O) groups excluding carboxylic acids is 2. The molecule has 2 aliphatic heterocycles. The van der Waals surface area contributed by atoms with Crippen LogP contribution in [0.25, 0.3) is 0 Å². The van der Waals surface area contributed by atoms with Gasteiger partial charge in [0.15, 0.2) is 0 Å². The van der Waals surface area contributed by atoms with E-state index < -0.39 is 0 Å². The Morgan fingerprint density at radius 3 is 2.86 bits per heavy atom. The maximum Gasteiger partial charge on any atom is 0.319 e. The molecule has 0 radical (unpaired) electrons. The topological polar surface area (TPSA) is 61.4 Å². The van der Waals surface area contributed by atoms with Gasteiger partial charge >= 0.3 is 6.03 Å². The van der Waals surface area contributed by atoms with E-state index in [4.69, 9.17) is 0 Å². The van der Waals surface area contributed by atoms with Gasteiger partial charge in [0.1, 0.15) is 0 Å². The van der Waals surface area contributed by atoms with Crippen molar-refractivity contribution in [2.75, 3.05) is 13.1 Å². The molecule has 0 fully saturated rings. The zero-order valence-electron chi connectivity index (χ0n) is 12.3. The monoisotopic (exact) mass is 285 g/mol. The molecule has 0 spiro atoms. The molecule has 3 amide bonds. The van der Waals surface area contributed by atoms with Gasteiger partial charge in [-0.2, -0.15) is 0 Å². The van der Waals surface area contributed by atoms with E-state index in [0.717, 1.165) is 23.2 Å². The van der Waals surface area contributed by atoms with Crippen LogP contribution in [0.2, 0.25) is 0 Å². The number of carbonyl (C=O) groups is 2. The van der Waals surface area contributed by atoms with E-state index in [-0.39, 0.29) is 18.0 Å². The maximum atomic E-state index is 12.6. The van der Waals surface area contributed by atoms with Crippen molar-refractivity contribution in [2.24, 2.45) is 0 Å². The molecular formula is C16H19N3O2. The maximum absolute atomic E-state index is 12.6. The number of nitrogens with zero attached hydrogens (tertiary/aromatic N) is 1. The van der Waals surface area contributed by atoms with Crippen LogP contribution in [0, 0.1) is 6.92 Å². The lowest BCUT2D eigenvalue weighted by atomic mass is 9.95. The Morgan fingerprint density at radius 1 is 1.33 bits per heavy atom. The van der Waals surface area contributed by atoms with Crippen LogP contribution in [-0.4, -0.2) is 29.9 Å². The van der Waals surface area contributed by atoms with E-state index in [1.165, 1.54) is 0 Å². The van der Waals surface area contributed by atoms with Gasteiger partial charge in [0.05, 0.1) is 23.9 Å². The van der Waals surface area contributed by atoms with E-state index in [2.05, 4.69) is 10.6 Å². The number of hydrogen-bond donors (Lipinski definition) is 2. The third-order valence-electron chi connectivity index (χ3n) is 3.89. The highest BCUT2D eigenvalue weighted by Crippen LogP contribution is 2.32. The first-order valence-electron chi connectivity index (χ1n) is 7.26. The van der Waals surface area contributed by atoms with Gasteiger partial charge in [-0.3, -0.25) is 4.79 Å². The Bertz CT molecular complexity index is 636.